The van der Waals surface area contributed by atoms with E-state index in [1.54, 1.807) is 12.1 Å². The smallest absolute Gasteiger partial charge is 0.207 e. The average molecular weight is 341 g/mol. The lowest BCUT2D eigenvalue weighted by Crippen LogP contribution is -2.33. The first-order valence-corrected chi connectivity index (χ1v) is 8.28. The maximum atomic E-state index is 12.3. The van der Waals surface area contributed by atoms with Crippen molar-refractivity contribution < 1.29 is 8.42 Å². The molecule has 1 rings (SSSR count). The summed E-state index contributed by atoms with van der Waals surface area (Å²) in [6, 6.07) is 6.25. The summed E-state index contributed by atoms with van der Waals surface area (Å²) >= 11 is 9.02. The molecule has 1 aromatic carbocycles. The fourth-order valence-corrected chi connectivity index (χ4v) is 3.77. The number of benzene rings is 1. The molecule has 0 aromatic heterocycles. The van der Waals surface area contributed by atoms with Crippen molar-refractivity contribution in [3.05, 3.63) is 29.3 Å². The van der Waals surface area contributed by atoms with Gasteiger partial charge in [0.25, 0.3) is 0 Å². The van der Waals surface area contributed by atoms with Gasteiger partial charge in [0.15, 0.2) is 0 Å². The molecule has 96 valence electrons. The highest BCUT2D eigenvalue weighted by Gasteiger charge is 2.22. The zero-order valence-corrected chi connectivity index (χ0v) is 12.7. The van der Waals surface area contributed by atoms with Gasteiger partial charge in [-0.05, 0) is 30.7 Å². The Morgan fingerprint density at radius 3 is 2.29 bits per heavy atom. The first-order chi connectivity index (χ1) is 8.02. The molecule has 0 spiro atoms. The molecule has 0 aliphatic rings. The highest BCUT2D eigenvalue weighted by Crippen LogP contribution is 2.18. The van der Waals surface area contributed by atoms with Gasteiger partial charge in [-0.2, -0.15) is 4.31 Å². The van der Waals surface area contributed by atoms with E-state index in [1.165, 1.54) is 16.4 Å². The molecule has 0 saturated carbocycles. The molecule has 0 heterocycles. The van der Waals surface area contributed by atoms with Gasteiger partial charge in [-0.15, -0.1) is 0 Å². The van der Waals surface area contributed by atoms with E-state index in [2.05, 4.69) is 15.9 Å². The van der Waals surface area contributed by atoms with Gasteiger partial charge in [-0.1, -0.05) is 34.5 Å². The summed E-state index contributed by atoms with van der Waals surface area (Å²) in [6.45, 7) is 2.95. The summed E-state index contributed by atoms with van der Waals surface area (Å²) in [7, 11) is -3.40. The highest BCUT2D eigenvalue weighted by molar-refractivity contribution is 9.09. The van der Waals surface area contributed by atoms with Crippen LogP contribution in [0.25, 0.3) is 0 Å². The second-order valence-corrected chi connectivity index (χ2v) is 6.71. The molecule has 0 unspecified atom stereocenters. The van der Waals surface area contributed by atoms with Crippen LogP contribution in [0.4, 0.5) is 0 Å². The van der Waals surface area contributed by atoms with Gasteiger partial charge in [0.2, 0.25) is 10.0 Å². The van der Waals surface area contributed by atoms with Gasteiger partial charge >= 0.3 is 0 Å². The van der Waals surface area contributed by atoms with Gasteiger partial charge in [-0.3, -0.25) is 0 Å². The predicted molar refractivity (Wildman–Crippen MR) is 74.3 cm³/mol. The molecule has 0 amide bonds. The van der Waals surface area contributed by atoms with Crippen molar-refractivity contribution in [2.45, 2.75) is 18.2 Å². The molecule has 6 heteroatoms. The Bertz CT molecular complexity index is 441. The van der Waals surface area contributed by atoms with Crippen LogP contribution in [-0.4, -0.2) is 31.1 Å². The van der Waals surface area contributed by atoms with E-state index >= 15 is 0 Å². The number of alkyl halides is 1. The van der Waals surface area contributed by atoms with E-state index in [-0.39, 0.29) is 4.90 Å². The second kappa shape index (κ2) is 6.73. The van der Waals surface area contributed by atoms with Crippen molar-refractivity contribution in [2.75, 3.05) is 18.4 Å². The molecule has 17 heavy (non-hydrogen) atoms. The summed E-state index contributed by atoms with van der Waals surface area (Å²) in [5.74, 6) is 0. The van der Waals surface area contributed by atoms with E-state index in [4.69, 9.17) is 11.6 Å². The van der Waals surface area contributed by atoms with Crippen LogP contribution < -0.4 is 0 Å². The summed E-state index contributed by atoms with van der Waals surface area (Å²) in [5, 5.41) is 1.16. The summed E-state index contributed by atoms with van der Waals surface area (Å²) in [4.78, 5) is 0.288. The van der Waals surface area contributed by atoms with E-state index in [9.17, 15) is 8.42 Å². The summed E-state index contributed by atoms with van der Waals surface area (Å²) in [5.41, 5.74) is 0. The minimum Gasteiger partial charge on any atom is -0.207 e. The normalized spacial score (nSPS) is 12.0. The zero-order valence-electron chi connectivity index (χ0n) is 9.57. The van der Waals surface area contributed by atoms with Gasteiger partial charge in [0.05, 0.1) is 4.90 Å². The fourth-order valence-electron chi connectivity index (χ4n) is 1.45. The molecule has 0 N–H and O–H groups in total. The average Bonchev–Trinajstić information content (AvgIpc) is 2.29. The van der Waals surface area contributed by atoms with Crippen LogP contribution in [0.1, 0.15) is 13.3 Å². The Hall–Kier alpha value is -0.100. The van der Waals surface area contributed by atoms with Crippen molar-refractivity contribution in [1.82, 2.24) is 4.31 Å². The highest BCUT2D eigenvalue weighted by atomic mass is 79.9. The Balaban J connectivity index is 3.02. The van der Waals surface area contributed by atoms with Crippen molar-refractivity contribution in [3.8, 4) is 0 Å². The number of rotatable bonds is 6. The summed E-state index contributed by atoms with van der Waals surface area (Å²) in [6.07, 6.45) is 0.791. The van der Waals surface area contributed by atoms with Crippen LogP contribution in [0.2, 0.25) is 5.02 Å². The third-order valence-electron chi connectivity index (χ3n) is 2.26. The van der Waals surface area contributed by atoms with Crippen LogP contribution in [0.3, 0.4) is 0 Å². The van der Waals surface area contributed by atoms with Crippen LogP contribution in [0.15, 0.2) is 29.2 Å². The lowest BCUT2D eigenvalue weighted by molar-refractivity contribution is 0.430. The molecule has 1 aromatic rings. The van der Waals surface area contributed by atoms with Crippen LogP contribution in [0.5, 0.6) is 0 Å². The Morgan fingerprint density at radius 2 is 1.82 bits per heavy atom. The predicted octanol–water partition coefficient (Wildman–Crippen LogP) is 3.14. The zero-order chi connectivity index (χ0) is 12.9. The van der Waals surface area contributed by atoms with E-state index in [0.29, 0.717) is 23.4 Å². The maximum Gasteiger partial charge on any atom is 0.243 e. The van der Waals surface area contributed by atoms with Gasteiger partial charge < -0.3 is 0 Å². The van der Waals surface area contributed by atoms with Crippen LogP contribution in [-0.2, 0) is 10.0 Å². The molecule has 0 fully saturated rings. The first kappa shape index (κ1) is 15.0. The van der Waals surface area contributed by atoms with Gasteiger partial charge in [-0.25, -0.2) is 8.42 Å². The number of sulfonamides is 1. The minimum absolute atomic E-state index is 0.288. The molecule has 0 bridgehead atoms. The van der Waals surface area contributed by atoms with Gasteiger partial charge in [0.1, 0.15) is 0 Å². The topological polar surface area (TPSA) is 37.4 Å². The Morgan fingerprint density at radius 1 is 1.24 bits per heavy atom. The van der Waals surface area contributed by atoms with Crippen LogP contribution in [0, 0.1) is 0 Å². The van der Waals surface area contributed by atoms with E-state index in [1.807, 2.05) is 6.92 Å². The quantitative estimate of drug-likeness (QED) is 0.746. The molecule has 0 atom stereocenters. The standard InChI is InChI=1S/C11H15BrClNO2S/c1-2-8-14(9-7-12)17(15,16)11-5-3-10(13)4-6-11/h3-6H,2,7-9H2,1H3. The monoisotopic (exact) mass is 339 g/mol. The van der Waals surface area contributed by atoms with Crippen molar-refractivity contribution in [1.29, 1.82) is 0 Å². The second-order valence-electron chi connectivity index (χ2n) is 3.55. The number of hydrogen-bond acceptors (Lipinski definition) is 2. The Kier molecular flexibility index (Phi) is 5.92. The van der Waals surface area contributed by atoms with Gasteiger partial charge in [0, 0.05) is 23.4 Å². The lowest BCUT2D eigenvalue weighted by Gasteiger charge is -2.20. The van der Waals surface area contributed by atoms with Crippen LogP contribution >= 0.6 is 27.5 Å². The molecular formula is C11H15BrClNO2S. The maximum absolute atomic E-state index is 12.3. The lowest BCUT2D eigenvalue weighted by atomic mass is 10.4. The SMILES string of the molecule is CCCN(CCBr)S(=O)(=O)c1ccc(Cl)cc1. The molecule has 0 aliphatic carbocycles. The number of nitrogens with zero attached hydrogens (tertiary/aromatic N) is 1. The Labute approximate surface area is 116 Å². The largest absolute Gasteiger partial charge is 0.243 e. The van der Waals surface area contributed by atoms with Crippen molar-refractivity contribution >= 4 is 37.6 Å². The minimum atomic E-state index is -3.40. The molecule has 0 saturated heterocycles. The molecular weight excluding hydrogens is 326 g/mol. The number of hydrogen-bond donors (Lipinski definition) is 0. The summed E-state index contributed by atoms with van der Waals surface area (Å²) < 4.78 is 26.0. The molecule has 0 radical (unpaired) electrons. The number of halogens is 2. The third kappa shape index (κ3) is 3.95. The van der Waals surface area contributed by atoms with E-state index < -0.39 is 10.0 Å². The molecule has 3 nitrogen and oxygen atoms in total. The van der Waals surface area contributed by atoms with Crippen molar-refractivity contribution in [3.63, 3.8) is 0 Å². The van der Waals surface area contributed by atoms with Crippen molar-refractivity contribution in [2.24, 2.45) is 0 Å². The fraction of sp³-hybridized carbons (Fsp3) is 0.455. The first-order valence-electron chi connectivity index (χ1n) is 5.34. The third-order valence-corrected chi connectivity index (χ3v) is 4.78. The molecule has 0 aliphatic heterocycles. The van der Waals surface area contributed by atoms with E-state index in [0.717, 1.165) is 6.42 Å².